The van der Waals surface area contributed by atoms with Crippen molar-refractivity contribution in [2.24, 2.45) is 0 Å². The normalized spacial score (nSPS) is 9.96. The molecule has 0 fully saturated rings. The minimum atomic E-state index is -0.548. The van der Waals surface area contributed by atoms with Crippen molar-refractivity contribution in [2.45, 2.75) is 13.3 Å². The van der Waals surface area contributed by atoms with E-state index in [1.54, 1.807) is 30.3 Å². The molecule has 0 atom stereocenters. The van der Waals surface area contributed by atoms with E-state index in [9.17, 15) is 19.7 Å². The number of carbonyl (C=O) groups is 2. The highest BCUT2D eigenvalue weighted by Gasteiger charge is 2.15. The quantitative estimate of drug-likeness (QED) is 0.665. The van der Waals surface area contributed by atoms with Gasteiger partial charge in [-0.05, 0) is 19.1 Å². The van der Waals surface area contributed by atoms with Gasteiger partial charge in [0.1, 0.15) is 0 Å². The standard InChI is InChI=1S/C16H15N3O4/c1-11-6-8-12(9-7-11)16(21)18-17-15(20)10-13-4-2-3-5-14(13)19(22)23/h2-9H,10H2,1H3,(H,17,20)(H,18,21). The van der Waals surface area contributed by atoms with Crippen molar-refractivity contribution >= 4 is 17.5 Å². The first kappa shape index (κ1) is 16.2. The van der Waals surface area contributed by atoms with Gasteiger partial charge >= 0.3 is 0 Å². The Morgan fingerprint density at radius 3 is 2.35 bits per heavy atom. The summed E-state index contributed by atoms with van der Waals surface area (Å²) in [6, 6.07) is 12.8. The summed E-state index contributed by atoms with van der Waals surface area (Å²) in [6.45, 7) is 1.90. The zero-order valence-corrected chi connectivity index (χ0v) is 12.4. The molecule has 23 heavy (non-hydrogen) atoms. The minimum absolute atomic E-state index is 0.132. The van der Waals surface area contributed by atoms with Crippen LogP contribution in [0.25, 0.3) is 0 Å². The third-order valence-corrected chi connectivity index (χ3v) is 3.17. The van der Waals surface area contributed by atoms with Crippen molar-refractivity contribution in [3.8, 4) is 0 Å². The number of rotatable bonds is 4. The lowest BCUT2D eigenvalue weighted by Gasteiger charge is -2.08. The molecule has 0 radical (unpaired) electrons. The lowest BCUT2D eigenvalue weighted by molar-refractivity contribution is -0.385. The number of hydrazine groups is 1. The summed E-state index contributed by atoms with van der Waals surface area (Å²) in [5.74, 6) is -0.999. The fraction of sp³-hybridized carbons (Fsp3) is 0.125. The van der Waals surface area contributed by atoms with Crippen LogP contribution in [0.4, 0.5) is 5.69 Å². The second-order valence-electron chi connectivity index (χ2n) is 4.93. The average Bonchev–Trinajstić information content (AvgIpc) is 2.53. The first-order chi connectivity index (χ1) is 11.0. The molecule has 7 heteroatoms. The van der Waals surface area contributed by atoms with Crippen LogP contribution in [0.15, 0.2) is 48.5 Å². The third-order valence-electron chi connectivity index (χ3n) is 3.17. The number of hydrogen-bond acceptors (Lipinski definition) is 4. The average molecular weight is 313 g/mol. The Labute approximate surface area is 132 Å². The van der Waals surface area contributed by atoms with Crippen LogP contribution in [0.2, 0.25) is 0 Å². The Hall–Kier alpha value is -3.22. The van der Waals surface area contributed by atoms with Crippen LogP contribution >= 0.6 is 0 Å². The maximum atomic E-state index is 11.9. The Kier molecular flexibility index (Phi) is 5.03. The SMILES string of the molecule is Cc1ccc(C(=O)NNC(=O)Cc2ccccc2[N+](=O)[O-])cc1. The maximum Gasteiger partial charge on any atom is 0.273 e. The van der Waals surface area contributed by atoms with Gasteiger partial charge in [0.25, 0.3) is 11.6 Å². The molecule has 0 aliphatic heterocycles. The van der Waals surface area contributed by atoms with Crippen LogP contribution < -0.4 is 10.9 Å². The molecule has 0 heterocycles. The van der Waals surface area contributed by atoms with E-state index >= 15 is 0 Å². The predicted molar refractivity (Wildman–Crippen MR) is 83.6 cm³/mol. The van der Waals surface area contributed by atoms with E-state index in [-0.39, 0.29) is 17.7 Å². The highest BCUT2D eigenvalue weighted by atomic mass is 16.6. The Bertz CT molecular complexity index is 741. The smallest absolute Gasteiger partial charge is 0.273 e. The van der Waals surface area contributed by atoms with Crippen molar-refractivity contribution in [3.05, 3.63) is 75.3 Å². The molecule has 2 aromatic carbocycles. The second kappa shape index (κ2) is 7.17. The molecule has 118 valence electrons. The predicted octanol–water partition coefficient (Wildman–Crippen LogP) is 1.91. The summed E-state index contributed by atoms with van der Waals surface area (Å²) in [7, 11) is 0. The topological polar surface area (TPSA) is 101 Å². The van der Waals surface area contributed by atoms with Gasteiger partial charge in [0.2, 0.25) is 5.91 Å². The first-order valence-corrected chi connectivity index (χ1v) is 6.85. The number of para-hydroxylation sites is 1. The lowest BCUT2D eigenvalue weighted by Crippen LogP contribution is -2.42. The molecule has 0 saturated heterocycles. The van der Waals surface area contributed by atoms with Crippen LogP contribution in [0.5, 0.6) is 0 Å². The summed E-state index contributed by atoms with van der Waals surface area (Å²) in [6.07, 6.45) is -0.203. The van der Waals surface area contributed by atoms with Gasteiger partial charge in [-0.2, -0.15) is 0 Å². The molecule has 2 rings (SSSR count). The molecule has 0 bridgehead atoms. The summed E-state index contributed by atoms with van der Waals surface area (Å²) in [4.78, 5) is 34.0. The zero-order valence-electron chi connectivity index (χ0n) is 12.4. The van der Waals surface area contributed by atoms with Crippen molar-refractivity contribution < 1.29 is 14.5 Å². The summed E-state index contributed by atoms with van der Waals surface area (Å²) < 4.78 is 0. The largest absolute Gasteiger partial charge is 0.273 e. The van der Waals surface area contributed by atoms with Crippen LogP contribution in [-0.4, -0.2) is 16.7 Å². The number of carbonyl (C=O) groups excluding carboxylic acids is 2. The van der Waals surface area contributed by atoms with Gasteiger partial charge in [-0.25, -0.2) is 0 Å². The number of nitrogens with one attached hydrogen (secondary N) is 2. The van der Waals surface area contributed by atoms with E-state index in [0.717, 1.165) is 5.56 Å². The van der Waals surface area contributed by atoms with Crippen LogP contribution in [-0.2, 0) is 11.2 Å². The molecule has 7 nitrogen and oxygen atoms in total. The van der Waals surface area contributed by atoms with E-state index in [1.165, 1.54) is 18.2 Å². The molecule has 0 aliphatic carbocycles. The number of amides is 2. The molecule has 2 N–H and O–H groups in total. The maximum absolute atomic E-state index is 11.9. The molecule has 0 saturated carbocycles. The van der Waals surface area contributed by atoms with E-state index in [2.05, 4.69) is 10.9 Å². The van der Waals surface area contributed by atoms with Gasteiger partial charge in [0.15, 0.2) is 0 Å². The van der Waals surface area contributed by atoms with E-state index in [0.29, 0.717) is 5.56 Å². The Morgan fingerprint density at radius 2 is 1.70 bits per heavy atom. The van der Waals surface area contributed by atoms with Gasteiger partial charge in [-0.1, -0.05) is 35.9 Å². The van der Waals surface area contributed by atoms with Crippen molar-refractivity contribution in [2.75, 3.05) is 0 Å². The fourth-order valence-electron chi connectivity index (χ4n) is 1.96. The molecule has 0 aliphatic rings. The Morgan fingerprint density at radius 1 is 1.04 bits per heavy atom. The number of nitro groups is 1. The number of benzene rings is 2. The van der Waals surface area contributed by atoms with Gasteiger partial charge in [0, 0.05) is 17.2 Å². The molecule has 0 aromatic heterocycles. The van der Waals surface area contributed by atoms with Crippen molar-refractivity contribution in [1.82, 2.24) is 10.9 Å². The molecule has 0 unspecified atom stereocenters. The highest BCUT2D eigenvalue weighted by Crippen LogP contribution is 2.17. The Balaban J connectivity index is 1.94. The third kappa shape index (κ3) is 4.37. The number of nitro benzene ring substituents is 1. The second-order valence-corrected chi connectivity index (χ2v) is 4.93. The first-order valence-electron chi connectivity index (χ1n) is 6.85. The van der Waals surface area contributed by atoms with Crippen molar-refractivity contribution in [3.63, 3.8) is 0 Å². The molecule has 2 aromatic rings. The number of hydrogen-bond donors (Lipinski definition) is 2. The molecular weight excluding hydrogens is 298 g/mol. The monoisotopic (exact) mass is 313 g/mol. The van der Waals surface area contributed by atoms with Gasteiger partial charge in [0.05, 0.1) is 11.3 Å². The lowest BCUT2D eigenvalue weighted by atomic mass is 10.1. The molecule has 0 spiro atoms. The van der Waals surface area contributed by atoms with E-state index < -0.39 is 16.7 Å². The van der Waals surface area contributed by atoms with Crippen molar-refractivity contribution in [1.29, 1.82) is 0 Å². The summed E-state index contributed by atoms with van der Waals surface area (Å²) in [5, 5.41) is 10.9. The summed E-state index contributed by atoms with van der Waals surface area (Å²) >= 11 is 0. The van der Waals surface area contributed by atoms with E-state index in [1.807, 2.05) is 6.92 Å². The fourth-order valence-corrected chi connectivity index (χ4v) is 1.96. The summed E-state index contributed by atoms with van der Waals surface area (Å²) in [5.41, 5.74) is 6.09. The van der Waals surface area contributed by atoms with E-state index in [4.69, 9.17) is 0 Å². The molecular formula is C16H15N3O4. The van der Waals surface area contributed by atoms with Crippen LogP contribution in [0.1, 0.15) is 21.5 Å². The number of nitrogens with zero attached hydrogens (tertiary/aromatic N) is 1. The highest BCUT2D eigenvalue weighted by molar-refractivity contribution is 5.95. The number of aryl methyl sites for hydroxylation is 1. The van der Waals surface area contributed by atoms with Gasteiger partial charge < -0.3 is 0 Å². The van der Waals surface area contributed by atoms with Crippen LogP contribution in [0.3, 0.4) is 0 Å². The van der Waals surface area contributed by atoms with Gasteiger partial charge in [-0.3, -0.25) is 30.6 Å². The van der Waals surface area contributed by atoms with Crippen LogP contribution in [0, 0.1) is 17.0 Å². The minimum Gasteiger partial charge on any atom is -0.273 e. The van der Waals surface area contributed by atoms with Gasteiger partial charge in [-0.15, -0.1) is 0 Å². The zero-order chi connectivity index (χ0) is 16.8. The molecule has 2 amide bonds.